The summed E-state index contributed by atoms with van der Waals surface area (Å²) in [5, 5.41) is 68.8. The number of nitrogens with one attached hydrogen (secondary N) is 7. The van der Waals surface area contributed by atoms with Crippen molar-refractivity contribution in [1.29, 1.82) is 0 Å². The highest BCUT2D eigenvalue weighted by Gasteiger charge is 2.47. The molecule has 1 fully saturated rings. The number of hydrogen-bond donors (Lipinski definition) is 12. The van der Waals surface area contributed by atoms with Crippen LogP contribution >= 0.6 is 0 Å². The van der Waals surface area contributed by atoms with Gasteiger partial charge in [0.05, 0.1) is 62.4 Å². The van der Waals surface area contributed by atoms with Crippen LogP contribution in [0.25, 0.3) is 22.3 Å². The van der Waals surface area contributed by atoms with Gasteiger partial charge < -0.3 is 86.3 Å². The molecule has 8 rings (SSSR count). The highest BCUT2D eigenvalue weighted by molar-refractivity contribution is 5.95. The molecule has 0 radical (unpaired) electrons. The highest BCUT2D eigenvalue weighted by atomic mass is 19.1. The molecule has 2 aromatic heterocycles. The molecule has 0 saturated carbocycles. The molecule has 4 aliphatic rings. The number of fused-ring (bicyclic) bond motifs is 5. The van der Waals surface area contributed by atoms with Crippen LogP contribution in [0.5, 0.6) is 0 Å². The van der Waals surface area contributed by atoms with Crippen LogP contribution in [0.1, 0.15) is 83.9 Å². The number of methoxy groups -OCH3 is 1. The normalized spacial score (nSPS) is 21.8. The number of aryl methyl sites for hydroxylation is 1. The van der Waals surface area contributed by atoms with Crippen molar-refractivity contribution >= 4 is 58.4 Å². The molecule has 28 heteroatoms. The summed E-state index contributed by atoms with van der Waals surface area (Å²) in [6, 6.07) is 9.01. The lowest BCUT2D eigenvalue weighted by Crippen LogP contribution is -2.60. The Morgan fingerprint density at radius 3 is 2.24 bits per heavy atom. The van der Waals surface area contributed by atoms with Crippen LogP contribution in [-0.4, -0.2) is 178 Å². The summed E-state index contributed by atoms with van der Waals surface area (Å²) >= 11 is 0. The zero-order valence-corrected chi connectivity index (χ0v) is 46.3. The quantitative estimate of drug-likeness (QED) is 0.0174. The van der Waals surface area contributed by atoms with E-state index in [1.165, 1.54) is 6.07 Å². The fourth-order valence-electron chi connectivity index (χ4n) is 11.0. The first-order valence-electron chi connectivity index (χ1n) is 27.4. The Kier molecular flexibility index (Phi) is 20.1. The predicted octanol–water partition coefficient (Wildman–Crippen LogP) is -2.42. The standard InChI is InChI=1S/C56H68FN9O18/c1-4-56(80)33-17-38-47-31(23-66(38)53(77)32(33)25-83-54(56)78)45-29(10-11-30-27(2)34(57)18-36(64-47)46(30)45)14-15-82-26-62-43(70)21-61-52(76)37(16-28-8-6-5-7-9-28)63-44(71)22-59-42(69)20-60-51(75)35(65-55(79)81-3)12-13-41(68)58-19-39-48(72)50(74)49(73)40(24-67)84-39/h5-9,17-18,29,35,37,39-40,48-50,67,72-74,80H,4,10-16,19-26H2,1-3H3,(H,58,68)(H,59,69)(H,60,75)(H,61,76)(H,62,70)(H,63,71)(H,65,79)/t29?,35-,37-,39-,40+,48-,49+,50+,56-/m0/s1. The fourth-order valence-corrected chi connectivity index (χ4v) is 11.0. The van der Waals surface area contributed by atoms with Gasteiger partial charge in [0.25, 0.3) is 5.56 Å². The third-order valence-electron chi connectivity index (χ3n) is 15.7. The fraction of sp³-hybridized carbons (Fsp3) is 0.500. The van der Waals surface area contributed by atoms with E-state index in [0.717, 1.165) is 29.2 Å². The van der Waals surface area contributed by atoms with Crippen molar-refractivity contribution in [2.45, 2.75) is 126 Å². The molecule has 9 atom stereocenters. The zero-order valence-electron chi connectivity index (χ0n) is 46.3. The number of benzene rings is 2. The average Bonchev–Trinajstić information content (AvgIpc) is 2.07. The maximum atomic E-state index is 15.4. The molecule has 0 bridgehead atoms. The molecule has 1 unspecified atom stereocenters. The Labute approximate surface area is 479 Å². The third-order valence-corrected chi connectivity index (χ3v) is 15.7. The van der Waals surface area contributed by atoms with Crippen molar-refractivity contribution in [3.8, 4) is 11.4 Å². The first kappa shape index (κ1) is 62.1. The van der Waals surface area contributed by atoms with Gasteiger partial charge in [-0.3, -0.25) is 33.6 Å². The Morgan fingerprint density at radius 1 is 0.845 bits per heavy atom. The summed E-state index contributed by atoms with van der Waals surface area (Å²) in [5.41, 5.74) is 2.77. The van der Waals surface area contributed by atoms with Crippen molar-refractivity contribution in [1.82, 2.24) is 46.8 Å². The molecule has 5 heterocycles. The van der Waals surface area contributed by atoms with Gasteiger partial charge >= 0.3 is 12.1 Å². The number of nitrogens with zero attached hydrogens (tertiary/aromatic N) is 2. The molecule has 27 nitrogen and oxygen atoms in total. The molecule has 3 aliphatic heterocycles. The van der Waals surface area contributed by atoms with E-state index in [1.807, 2.05) is 0 Å². The lowest BCUT2D eigenvalue weighted by molar-refractivity contribution is -0.227. The first-order valence-corrected chi connectivity index (χ1v) is 27.4. The van der Waals surface area contributed by atoms with E-state index >= 15 is 4.39 Å². The second-order valence-electron chi connectivity index (χ2n) is 20.9. The Balaban J connectivity index is 0.804. The van der Waals surface area contributed by atoms with Crippen LogP contribution in [0.15, 0.2) is 47.3 Å². The van der Waals surface area contributed by atoms with E-state index in [0.29, 0.717) is 47.3 Å². The number of alkyl carbamates (subject to hydrolysis) is 1. The van der Waals surface area contributed by atoms with Gasteiger partial charge in [0, 0.05) is 48.6 Å². The number of esters is 1. The summed E-state index contributed by atoms with van der Waals surface area (Å²) in [6.07, 6.45) is -7.40. The highest BCUT2D eigenvalue weighted by Crippen LogP contribution is 2.47. The summed E-state index contributed by atoms with van der Waals surface area (Å²) in [4.78, 5) is 122. The molecule has 1 saturated heterocycles. The Bertz CT molecular complexity index is 3250. The molecular weight excluding hydrogens is 1110 g/mol. The predicted molar refractivity (Wildman–Crippen MR) is 290 cm³/mol. The van der Waals surface area contributed by atoms with Crippen molar-refractivity contribution in [2.75, 3.05) is 53.2 Å². The van der Waals surface area contributed by atoms with Crippen LogP contribution < -0.4 is 42.8 Å². The van der Waals surface area contributed by atoms with E-state index < -0.39 is 133 Å². The first-order chi connectivity index (χ1) is 40.2. The second-order valence-corrected chi connectivity index (χ2v) is 20.9. The molecule has 1 aliphatic carbocycles. The minimum absolute atomic E-state index is 0.0102. The van der Waals surface area contributed by atoms with E-state index in [1.54, 1.807) is 54.8 Å². The van der Waals surface area contributed by atoms with E-state index in [9.17, 15) is 68.7 Å². The molecular formula is C56H68FN9O18. The summed E-state index contributed by atoms with van der Waals surface area (Å²) < 4.78 is 38.0. The van der Waals surface area contributed by atoms with E-state index in [2.05, 4.69) is 42.0 Å². The van der Waals surface area contributed by atoms with E-state index in [4.69, 9.17) is 19.2 Å². The second kappa shape index (κ2) is 27.2. The molecule has 452 valence electrons. The number of aromatic nitrogens is 2. The minimum atomic E-state index is -2.03. The van der Waals surface area contributed by atoms with Crippen molar-refractivity contribution in [2.24, 2.45) is 0 Å². The van der Waals surface area contributed by atoms with Gasteiger partial charge in [0.1, 0.15) is 61.8 Å². The number of aliphatic hydroxyl groups is 5. The lowest BCUT2D eigenvalue weighted by Gasteiger charge is -2.40. The zero-order chi connectivity index (χ0) is 60.6. The Hall–Kier alpha value is -7.99. The number of rotatable bonds is 24. The number of cyclic esters (lactones) is 1. The van der Waals surface area contributed by atoms with Crippen molar-refractivity contribution in [3.63, 3.8) is 0 Å². The maximum Gasteiger partial charge on any atom is 0.407 e. The topological polar surface area (TPSA) is 394 Å². The van der Waals surface area contributed by atoms with E-state index in [-0.39, 0.29) is 75.8 Å². The number of carbonyl (C=O) groups is 8. The van der Waals surface area contributed by atoms with Crippen LogP contribution in [0, 0.1) is 12.7 Å². The van der Waals surface area contributed by atoms with Gasteiger partial charge in [-0.15, -0.1) is 0 Å². The molecule has 0 spiro atoms. The number of pyridine rings is 2. The lowest BCUT2D eigenvalue weighted by atomic mass is 9.77. The van der Waals surface area contributed by atoms with Gasteiger partial charge in [0.2, 0.25) is 35.4 Å². The number of carbonyl (C=O) groups excluding carboxylic acids is 8. The van der Waals surface area contributed by atoms with Crippen LogP contribution in [0.4, 0.5) is 9.18 Å². The summed E-state index contributed by atoms with van der Waals surface area (Å²) in [5.74, 6) is -6.00. The van der Waals surface area contributed by atoms with Gasteiger partial charge in [-0.1, -0.05) is 37.3 Å². The van der Waals surface area contributed by atoms with Crippen molar-refractivity contribution in [3.05, 3.63) is 97.6 Å². The summed E-state index contributed by atoms with van der Waals surface area (Å²) in [7, 11) is 1.03. The van der Waals surface area contributed by atoms with Gasteiger partial charge in [-0.05, 0) is 73.3 Å². The molecule has 84 heavy (non-hydrogen) atoms. The average molecular weight is 1170 g/mol. The van der Waals surface area contributed by atoms with Gasteiger partial charge in [-0.25, -0.2) is 19.0 Å². The SMILES string of the molecule is CC[C@@]1(O)C(=O)OCc2c1cc1n(c2=O)Cc2c-1nc1cc(F)c(C)c3c1c2C(CCOCNC(=O)CNC(=O)[C@H](Cc1ccccc1)NC(=O)CNC(=O)CNC(=O)[C@H](CCC(=O)NC[C@@H]1O[C@H](CO)[C@@H](O)[C@H](O)[C@H]1O)NC(=O)OC)CC3. The number of ether oxygens (including phenoxy) is 4. The number of hydrogen-bond acceptors (Lipinski definition) is 19. The molecule has 4 aromatic rings. The monoisotopic (exact) mass is 1170 g/mol. The number of halogens is 1. The van der Waals surface area contributed by atoms with Gasteiger partial charge in [0.15, 0.2) is 5.60 Å². The van der Waals surface area contributed by atoms with Crippen molar-refractivity contribution < 1.29 is 87.2 Å². The van der Waals surface area contributed by atoms with Crippen LogP contribution in [0.3, 0.4) is 0 Å². The third kappa shape index (κ3) is 13.6. The smallest absolute Gasteiger partial charge is 0.407 e. The number of aliphatic hydroxyl groups excluding tert-OH is 4. The number of amides is 7. The summed E-state index contributed by atoms with van der Waals surface area (Å²) in [6.45, 7) is 0.253. The molecule has 7 amide bonds. The van der Waals surface area contributed by atoms with Crippen LogP contribution in [0.2, 0.25) is 0 Å². The molecule has 2 aromatic carbocycles. The largest absolute Gasteiger partial charge is 0.458 e. The van der Waals surface area contributed by atoms with Gasteiger partial charge in [-0.2, -0.15) is 0 Å². The minimum Gasteiger partial charge on any atom is -0.458 e. The maximum absolute atomic E-state index is 15.4. The Morgan fingerprint density at radius 2 is 1.54 bits per heavy atom. The molecule has 12 N–H and O–H groups in total. The van der Waals surface area contributed by atoms with Crippen LogP contribution in [-0.2, 0) is 84.1 Å².